The Bertz CT molecular complexity index is 1070. The van der Waals surface area contributed by atoms with Gasteiger partial charge in [0.25, 0.3) is 5.69 Å². The molecular formula is C17H14N4O3S. The molecule has 0 aliphatic rings. The number of ether oxygens (including phenoxy) is 1. The van der Waals surface area contributed by atoms with Crippen molar-refractivity contribution in [2.24, 2.45) is 5.73 Å². The molecule has 126 valence electrons. The van der Waals surface area contributed by atoms with E-state index in [1.807, 2.05) is 28.8 Å². The standard InChI is InChI=1S/C17H14N4O3S/c18-7-8-24-13-5-6-15-16(9-13)25-17-19-14(10-20(15)17)11-1-3-12(4-2-11)21(22)23/h1-6,9-10H,7-8,18H2. The van der Waals surface area contributed by atoms with Crippen molar-refractivity contribution >= 4 is 32.2 Å². The van der Waals surface area contributed by atoms with Crippen molar-refractivity contribution in [3.8, 4) is 17.0 Å². The first-order valence-corrected chi connectivity index (χ1v) is 8.47. The Hall–Kier alpha value is -2.97. The summed E-state index contributed by atoms with van der Waals surface area (Å²) in [7, 11) is 0. The van der Waals surface area contributed by atoms with Gasteiger partial charge < -0.3 is 10.5 Å². The summed E-state index contributed by atoms with van der Waals surface area (Å²) in [5.41, 5.74) is 8.20. The van der Waals surface area contributed by atoms with E-state index in [1.165, 1.54) is 12.1 Å². The summed E-state index contributed by atoms with van der Waals surface area (Å²) >= 11 is 1.57. The van der Waals surface area contributed by atoms with Gasteiger partial charge in [-0.3, -0.25) is 14.5 Å². The van der Waals surface area contributed by atoms with Crippen LogP contribution in [0.5, 0.6) is 5.75 Å². The van der Waals surface area contributed by atoms with Gasteiger partial charge in [-0.15, -0.1) is 0 Å². The van der Waals surface area contributed by atoms with E-state index >= 15 is 0 Å². The van der Waals surface area contributed by atoms with Crippen LogP contribution in [0.1, 0.15) is 0 Å². The van der Waals surface area contributed by atoms with E-state index in [4.69, 9.17) is 10.5 Å². The Balaban J connectivity index is 1.71. The van der Waals surface area contributed by atoms with Crippen molar-refractivity contribution in [3.05, 3.63) is 58.8 Å². The Morgan fingerprint density at radius 2 is 2.04 bits per heavy atom. The molecule has 25 heavy (non-hydrogen) atoms. The number of nitrogens with zero attached hydrogens (tertiary/aromatic N) is 3. The smallest absolute Gasteiger partial charge is 0.269 e. The number of thiazole rings is 1. The molecule has 2 N–H and O–H groups in total. The van der Waals surface area contributed by atoms with Crippen molar-refractivity contribution in [1.82, 2.24) is 9.38 Å². The molecule has 8 heteroatoms. The predicted octanol–water partition coefficient (Wildman–Crippen LogP) is 3.46. The van der Waals surface area contributed by atoms with Crippen LogP contribution in [0.3, 0.4) is 0 Å². The fourth-order valence-electron chi connectivity index (χ4n) is 2.64. The van der Waals surface area contributed by atoms with Gasteiger partial charge in [0.1, 0.15) is 12.4 Å². The van der Waals surface area contributed by atoms with Crippen molar-refractivity contribution in [1.29, 1.82) is 0 Å². The van der Waals surface area contributed by atoms with E-state index in [0.717, 1.165) is 32.2 Å². The zero-order valence-electron chi connectivity index (χ0n) is 13.1. The van der Waals surface area contributed by atoms with Gasteiger partial charge in [0.2, 0.25) is 0 Å². The molecule has 0 amide bonds. The maximum Gasteiger partial charge on any atom is 0.269 e. The Labute approximate surface area is 146 Å². The second-order valence-electron chi connectivity index (χ2n) is 5.45. The van der Waals surface area contributed by atoms with Crippen LogP contribution in [-0.4, -0.2) is 27.5 Å². The van der Waals surface area contributed by atoms with Crippen molar-refractivity contribution in [2.75, 3.05) is 13.2 Å². The molecule has 0 aliphatic carbocycles. The second kappa shape index (κ2) is 6.15. The molecule has 4 aromatic rings. The predicted molar refractivity (Wildman–Crippen MR) is 97.2 cm³/mol. The number of nitro benzene ring substituents is 1. The number of nitrogens with two attached hydrogens (primary N) is 1. The van der Waals surface area contributed by atoms with Crippen molar-refractivity contribution in [3.63, 3.8) is 0 Å². The van der Waals surface area contributed by atoms with Crippen LogP contribution in [0.2, 0.25) is 0 Å². The lowest BCUT2D eigenvalue weighted by Gasteiger charge is -2.03. The van der Waals surface area contributed by atoms with Gasteiger partial charge in [-0.05, 0) is 30.3 Å². The molecule has 2 aromatic heterocycles. The molecule has 0 fully saturated rings. The number of fused-ring (bicyclic) bond motifs is 3. The molecule has 2 aromatic carbocycles. The topological polar surface area (TPSA) is 95.7 Å². The van der Waals surface area contributed by atoms with E-state index < -0.39 is 4.92 Å². The number of nitro groups is 1. The molecule has 0 unspecified atom stereocenters. The van der Waals surface area contributed by atoms with Crippen LogP contribution >= 0.6 is 11.3 Å². The summed E-state index contributed by atoms with van der Waals surface area (Å²) in [6, 6.07) is 12.3. The number of imidazole rings is 1. The second-order valence-corrected chi connectivity index (χ2v) is 6.46. The van der Waals surface area contributed by atoms with Gasteiger partial charge in [0.05, 0.1) is 20.8 Å². The van der Waals surface area contributed by atoms with Crippen LogP contribution in [0.4, 0.5) is 5.69 Å². The normalized spacial score (nSPS) is 11.2. The highest BCUT2D eigenvalue weighted by Gasteiger charge is 2.12. The number of aromatic nitrogens is 2. The highest BCUT2D eigenvalue weighted by molar-refractivity contribution is 7.23. The Kier molecular flexibility index (Phi) is 3.83. The van der Waals surface area contributed by atoms with Crippen LogP contribution in [-0.2, 0) is 0 Å². The lowest BCUT2D eigenvalue weighted by Crippen LogP contribution is -2.10. The monoisotopic (exact) mass is 354 g/mol. The lowest BCUT2D eigenvalue weighted by atomic mass is 10.1. The summed E-state index contributed by atoms with van der Waals surface area (Å²) in [6.45, 7) is 0.961. The van der Waals surface area contributed by atoms with Crippen molar-refractivity contribution in [2.45, 2.75) is 0 Å². The number of benzene rings is 2. The van der Waals surface area contributed by atoms with Gasteiger partial charge in [-0.2, -0.15) is 0 Å². The van der Waals surface area contributed by atoms with Crippen LogP contribution < -0.4 is 10.5 Å². The molecule has 0 aliphatic heterocycles. The zero-order chi connectivity index (χ0) is 17.4. The summed E-state index contributed by atoms with van der Waals surface area (Å²) in [6.07, 6.45) is 1.94. The fraction of sp³-hybridized carbons (Fsp3) is 0.118. The van der Waals surface area contributed by atoms with Gasteiger partial charge in [0, 0.05) is 30.4 Å². The summed E-state index contributed by atoms with van der Waals surface area (Å²) in [5.74, 6) is 0.790. The van der Waals surface area contributed by atoms with Crippen LogP contribution in [0.25, 0.3) is 26.4 Å². The molecule has 0 saturated carbocycles. The maximum absolute atomic E-state index is 10.8. The highest BCUT2D eigenvalue weighted by atomic mass is 32.1. The molecule has 4 rings (SSSR count). The van der Waals surface area contributed by atoms with Gasteiger partial charge >= 0.3 is 0 Å². The largest absolute Gasteiger partial charge is 0.492 e. The van der Waals surface area contributed by atoms with Gasteiger partial charge in [0.15, 0.2) is 4.96 Å². The molecule has 0 saturated heterocycles. The summed E-state index contributed by atoms with van der Waals surface area (Å²) in [5, 5.41) is 10.8. The maximum atomic E-state index is 10.8. The van der Waals surface area contributed by atoms with E-state index in [-0.39, 0.29) is 5.69 Å². The molecule has 0 bridgehead atoms. The highest BCUT2D eigenvalue weighted by Crippen LogP contribution is 2.32. The average molecular weight is 354 g/mol. The number of hydrogen-bond acceptors (Lipinski definition) is 6. The molecule has 2 heterocycles. The molecule has 0 spiro atoms. The number of hydrogen-bond donors (Lipinski definition) is 1. The minimum Gasteiger partial charge on any atom is -0.492 e. The Morgan fingerprint density at radius 1 is 1.24 bits per heavy atom. The average Bonchev–Trinajstić information content (AvgIpc) is 3.17. The first-order valence-electron chi connectivity index (χ1n) is 7.65. The van der Waals surface area contributed by atoms with Crippen LogP contribution in [0.15, 0.2) is 48.7 Å². The third-order valence-corrected chi connectivity index (χ3v) is 4.84. The fourth-order valence-corrected chi connectivity index (χ4v) is 3.68. The van der Waals surface area contributed by atoms with E-state index in [2.05, 4.69) is 4.98 Å². The summed E-state index contributed by atoms with van der Waals surface area (Å²) in [4.78, 5) is 15.8. The molecule has 7 nitrogen and oxygen atoms in total. The summed E-state index contributed by atoms with van der Waals surface area (Å²) < 4.78 is 8.65. The first kappa shape index (κ1) is 15.6. The van der Waals surface area contributed by atoms with E-state index in [9.17, 15) is 10.1 Å². The minimum atomic E-state index is -0.409. The van der Waals surface area contributed by atoms with E-state index in [1.54, 1.807) is 23.5 Å². The van der Waals surface area contributed by atoms with E-state index in [0.29, 0.717) is 13.2 Å². The minimum absolute atomic E-state index is 0.0697. The van der Waals surface area contributed by atoms with Crippen molar-refractivity contribution < 1.29 is 9.66 Å². The SMILES string of the molecule is NCCOc1ccc2c(c1)sc1nc(-c3ccc([N+](=O)[O-])cc3)cn12. The van der Waals surface area contributed by atoms with Gasteiger partial charge in [-0.1, -0.05) is 11.3 Å². The number of rotatable bonds is 5. The third-order valence-electron chi connectivity index (χ3n) is 3.83. The Morgan fingerprint density at radius 3 is 2.76 bits per heavy atom. The molecular weight excluding hydrogens is 340 g/mol. The molecule has 0 radical (unpaired) electrons. The quantitative estimate of drug-likeness (QED) is 0.437. The van der Waals surface area contributed by atoms with Crippen LogP contribution in [0, 0.1) is 10.1 Å². The lowest BCUT2D eigenvalue weighted by molar-refractivity contribution is -0.384. The third kappa shape index (κ3) is 2.81. The van der Waals surface area contributed by atoms with Gasteiger partial charge in [-0.25, -0.2) is 4.98 Å². The zero-order valence-corrected chi connectivity index (χ0v) is 13.9. The number of non-ortho nitro benzene ring substituents is 1. The first-order chi connectivity index (χ1) is 12.2. The molecule has 0 atom stereocenters.